The smallest absolute Gasteiger partial charge is 0.289 e. The zero-order valence-electron chi connectivity index (χ0n) is 20.8. The Morgan fingerprint density at radius 2 is 1.65 bits per heavy atom. The fourth-order valence-electron chi connectivity index (χ4n) is 5.15. The third-order valence-electron chi connectivity index (χ3n) is 7.27. The van der Waals surface area contributed by atoms with Gasteiger partial charge >= 0.3 is 0 Å². The van der Waals surface area contributed by atoms with Crippen LogP contribution in [0, 0.1) is 6.92 Å². The fourth-order valence-corrected chi connectivity index (χ4v) is 6.12. The molecule has 2 fully saturated rings. The summed E-state index contributed by atoms with van der Waals surface area (Å²) in [5.74, 6) is 1.55. The van der Waals surface area contributed by atoms with Crippen LogP contribution in [-0.2, 0) is 0 Å². The first-order chi connectivity index (χ1) is 18.0. The minimum absolute atomic E-state index is 0.00292. The molecule has 4 aromatic rings. The maximum atomic E-state index is 13.1. The van der Waals surface area contributed by atoms with Crippen molar-refractivity contribution in [3.05, 3.63) is 76.1 Å². The van der Waals surface area contributed by atoms with Crippen molar-refractivity contribution in [2.75, 3.05) is 44.2 Å². The Balaban J connectivity index is 1.03. The molecular formula is C28H29N5O3S. The maximum Gasteiger partial charge on any atom is 0.289 e. The third kappa shape index (κ3) is 4.83. The molecule has 2 aliphatic rings. The van der Waals surface area contributed by atoms with Gasteiger partial charge in [0, 0.05) is 61.6 Å². The van der Waals surface area contributed by atoms with Crippen molar-refractivity contribution < 1.29 is 14.0 Å². The molecule has 0 bridgehead atoms. The average Bonchev–Trinajstić information content (AvgIpc) is 3.60. The van der Waals surface area contributed by atoms with E-state index in [0.29, 0.717) is 37.6 Å². The molecule has 9 heteroatoms. The lowest BCUT2D eigenvalue weighted by atomic mass is 9.97. The fraction of sp³-hybridized carbons (Fsp3) is 0.357. The number of likely N-dealkylation sites (tertiary alicyclic amines) is 1. The number of furan rings is 1. The molecule has 1 aromatic carbocycles. The van der Waals surface area contributed by atoms with E-state index in [1.54, 1.807) is 11.3 Å². The number of benzene rings is 1. The molecule has 2 saturated heterocycles. The number of carbonyl (C=O) groups is 2. The van der Waals surface area contributed by atoms with Gasteiger partial charge in [-0.1, -0.05) is 24.3 Å². The number of piperazine rings is 1. The Morgan fingerprint density at radius 3 is 2.41 bits per heavy atom. The predicted molar refractivity (Wildman–Crippen MR) is 143 cm³/mol. The van der Waals surface area contributed by atoms with E-state index in [1.165, 1.54) is 0 Å². The largest absolute Gasteiger partial charge is 0.451 e. The van der Waals surface area contributed by atoms with Crippen molar-refractivity contribution in [2.24, 2.45) is 0 Å². The van der Waals surface area contributed by atoms with Gasteiger partial charge in [0.2, 0.25) is 0 Å². The Morgan fingerprint density at radius 1 is 0.892 bits per heavy atom. The molecule has 0 N–H and O–H groups in total. The number of para-hydroxylation sites is 1. The van der Waals surface area contributed by atoms with Crippen LogP contribution in [0.4, 0.5) is 5.82 Å². The third-order valence-corrected chi connectivity index (χ3v) is 8.28. The van der Waals surface area contributed by atoms with Crippen LogP contribution in [0.15, 0.2) is 58.3 Å². The molecule has 0 saturated carbocycles. The van der Waals surface area contributed by atoms with Gasteiger partial charge in [0.25, 0.3) is 11.8 Å². The topological polar surface area (TPSA) is 82.8 Å². The van der Waals surface area contributed by atoms with E-state index >= 15 is 0 Å². The summed E-state index contributed by atoms with van der Waals surface area (Å²) >= 11 is 1.56. The first-order valence-corrected chi connectivity index (χ1v) is 13.6. The molecule has 0 spiro atoms. The van der Waals surface area contributed by atoms with Gasteiger partial charge < -0.3 is 19.1 Å². The lowest BCUT2D eigenvalue weighted by molar-refractivity contribution is 0.0683. The van der Waals surface area contributed by atoms with Gasteiger partial charge in [0.05, 0.1) is 5.01 Å². The molecule has 0 aliphatic carbocycles. The summed E-state index contributed by atoms with van der Waals surface area (Å²) in [6.45, 7) is 6.13. The van der Waals surface area contributed by atoms with Crippen LogP contribution in [0.2, 0.25) is 0 Å². The Kier molecular flexibility index (Phi) is 6.38. The van der Waals surface area contributed by atoms with Gasteiger partial charge in [-0.2, -0.15) is 0 Å². The standard InChI is InChI=1S/C28H29N5O3S/c1-19-5-4-8-25(29-19)31-13-15-33(16-14-31)27(34)22-18-37-26(30-22)20-9-11-32(12-10-20)28(35)24-17-21-6-2-3-7-23(21)36-24/h2-8,17-18,20H,9-16H2,1H3. The van der Waals surface area contributed by atoms with Gasteiger partial charge in [0.1, 0.15) is 17.1 Å². The summed E-state index contributed by atoms with van der Waals surface area (Å²) in [5.41, 5.74) is 2.26. The lowest BCUT2D eigenvalue weighted by Crippen LogP contribution is -2.49. The summed E-state index contributed by atoms with van der Waals surface area (Å²) in [5, 5.41) is 3.81. The van der Waals surface area contributed by atoms with E-state index in [4.69, 9.17) is 9.40 Å². The number of anilines is 1. The van der Waals surface area contributed by atoms with Crippen molar-refractivity contribution in [3.8, 4) is 0 Å². The summed E-state index contributed by atoms with van der Waals surface area (Å²) in [7, 11) is 0. The van der Waals surface area contributed by atoms with Crippen LogP contribution in [0.3, 0.4) is 0 Å². The first-order valence-electron chi connectivity index (χ1n) is 12.8. The molecule has 2 aliphatic heterocycles. The van der Waals surface area contributed by atoms with Gasteiger partial charge in [-0.05, 0) is 44.0 Å². The van der Waals surface area contributed by atoms with Crippen LogP contribution in [0.5, 0.6) is 0 Å². The number of thiazole rings is 1. The first kappa shape index (κ1) is 23.7. The number of aromatic nitrogens is 2. The van der Waals surface area contributed by atoms with Gasteiger partial charge in [-0.25, -0.2) is 9.97 Å². The zero-order chi connectivity index (χ0) is 25.4. The zero-order valence-corrected chi connectivity index (χ0v) is 21.6. The Hall–Kier alpha value is -3.72. The molecule has 190 valence electrons. The number of hydrogen-bond acceptors (Lipinski definition) is 7. The van der Waals surface area contributed by atoms with Crippen LogP contribution < -0.4 is 4.90 Å². The number of pyridine rings is 1. The predicted octanol–water partition coefficient (Wildman–Crippen LogP) is 4.57. The molecular weight excluding hydrogens is 486 g/mol. The molecule has 5 heterocycles. The highest BCUT2D eigenvalue weighted by molar-refractivity contribution is 7.09. The highest BCUT2D eigenvalue weighted by Gasteiger charge is 2.30. The highest BCUT2D eigenvalue weighted by Crippen LogP contribution is 2.32. The molecule has 8 nitrogen and oxygen atoms in total. The average molecular weight is 516 g/mol. The summed E-state index contributed by atoms with van der Waals surface area (Å²) in [6, 6.07) is 15.5. The summed E-state index contributed by atoms with van der Waals surface area (Å²) in [6.07, 6.45) is 1.66. The highest BCUT2D eigenvalue weighted by atomic mass is 32.1. The number of carbonyl (C=O) groups excluding carboxylic acids is 2. The van der Waals surface area contributed by atoms with E-state index in [-0.39, 0.29) is 17.7 Å². The maximum absolute atomic E-state index is 13.1. The normalized spacial score (nSPS) is 16.9. The number of rotatable bonds is 4. The van der Waals surface area contributed by atoms with Gasteiger partial charge in [0.15, 0.2) is 5.76 Å². The molecule has 0 atom stereocenters. The SMILES string of the molecule is Cc1cccc(N2CCN(C(=O)c3csc(C4CCN(C(=O)c5cc6ccccc6o5)CC4)n3)CC2)n1. The van der Waals surface area contributed by atoms with Crippen molar-refractivity contribution >= 4 is 39.9 Å². The second-order valence-electron chi connectivity index (χ2n) is 9.70. The van der Waals surface area contributed by atoms with Crippen LogP contribution in [0.1, 0.15) is 50.5 Å². The molecule has 37 heavy (non-hydrogen) atoms. The Labute approximate surface area is 219 Å². The number of amides is 2. The van der Waals surface area contributed by atoms with Crippen LogP contribution in [0.25, 0.3) is 11.0 Å². The second kappa shape index (κ2) is 9.97. The van der Waals surface area contributed by atoms with E-state index in [2.05, 4.69) is 9.88 Å². The van der Waals surface area contributed by atoms with Crippen molar-refractivity contribution in [3.63, 3.8) is 0 Å². The quantitative estimate of drug-likeness (QED) is 0.396. The summed E-state index contributed by atoms with van der Waals surface area (Å²) < 4.78 is 5.77. The number of aryl methyl sites for hydroxylation is 1. The number of fused-ring (bicyclic) bond motifs is 1. The van der Waals surface area contributed by atoms with E-state index in [9.17, 15) is 9.59 Å². The minimum atomic E-state index is -0.0651. The van der Waals surface area contributed by atoms with Crippen molar-refractivity contribution in [2.45, 2.75) is 25.7 Å². The summed E-state index contributed by atoms with van der Waals surface area (Å²) in [4.78, 5) is 41.4. The number of nitrogens with zero attached hydrogens (tertiary/aromatic N) is 5. The van der Waals surface area contributed by atoms with Crippen molar-refractivity contribution in [1.29, 1.82) is 0 Å². The molecule has 0 radical (unpaired) electrons. The van der Waals surface area contributed by atoms with Gasteiger partial charge in [-0.15, -0.1) is 11.3 Å². The van der Waals surface area contributed by atoms with Gasteiger partial charge in [-0.3, -0.25) is 9.59 Å². The van der Waals surface area contributed by atoms with E-state index in [1.807, 2.05) is 70.6 Å². The van der Waals surface area contributed by atoms with E-state index in [0.717, 1.165) is 53.4 Å². The van der Waals surface area contributed by atoms with Crippen LogP contribution in [-0.4, -0.2) is 70.9 Å². The molecule has 0 unspecified atom stereocenters. The lowest BCUT2D eigenvalue weighted by Gasteiger charge is -2.35. The molecule has 3 aromatic heterocycles. The van der Waals surface area contributed by atoms with Crippen molar-refractivity contribution in [1.82, 2.24) is 19.8 Å². The van der Waals surface area contributed by atoms with E-state index < -0.39 is 0 Å². The number of hydrogen-bond donors (Lipinski definition) is 0. The molecule has 2 amide bonds. The monoisotopic (exact) mass is 515 g/mol. The minimum Gasteiger partial charge on any atom is -0.451 e. The molecule has 6 rings (SSSR count). The van der Waals surface area contributed by atoms with Crippen LogP contribution >= 0.6 is 11.3 Å². The number of piperidine rings is 1. The Bertz CT molecular complexity index is 1400. The second-order valence-corrected chi connectivity index (χ2v) is 10.6.